The number of carbonyl (C=O) groups is 2. The molecular weight excluding hydrogens is 1480 g/mol. The van der Waals surface area contributed by atoms with Crippen molar-refractivity contribution in [3.63, 3.8) is 0 Å². The van der Waals surface area contributed by atoms with Crippen LogP contribution in [0.15, 0.2) is 67.7 Å². The molecule has 6 atom stereocenters. The second-order valence-electron chi connectivity index (χ2n) is 34.6. The van der Waals surface area contributed by atoms with Crippen LogP contribution in [0.1, 0.15) is 230 Å². The number of Topliss-reactive ketones (excluding diaryl/α,β-unsaturated/α-hetero) is 1. The van der Waals surface area contributed by atoms with Gasteiger partial charge in [-0.2, -0.15) is 10.2 Å². The number of ether oxygens (including phenoxy) is 3. The average molecular weight is 1590 g/mol. The number of hydrogen-bond donors (Lipinski definition) is 5. The van der Waals surface area contributed by atoms with Gasteiger partial charge in [-0.15, -0.1) is 38.0 Å². The van der Waals surface area contributed by atoms with Gasteiger partial charge < -0.3 is 45.3 Å². The third kappa shape index (κ3) is 17.0. The van der Waals surface area contributed by atoms with Crippen molar-refractivity contribution in [2.45, 2.75) is 269 Å². The number of nitrogens with zero attached hydrogens (tertiary/aromatic N) is 17. The molecule has 114 heavy (non-hydrogen) atoms. The molecule has 0 aromatic carbocycles. The monoisotopic (exact) mass is 1590 g/mol. The molecule has 0 radical (unpaired) electrons. The first-order valence-corrected chi connectivity index (χ1v) is 43.0. The SMILES string of the molecule is COC[C@H](C)Nc1ncc2c(-c3cnn(C(C)(C)C(=O)C4CCc5sc(C)nc5C4)c3)cc(C3CCC(O)CC3)n2n1.COC[C@H](C)Nc1ncc2c(-c3cnn(C(C)(C)C(=O)N4Cc5nc(C)sc5C4)c3)cc(C3CCC(O)CC3)n2n1.COC[C@H](C)Nc1ncc2c(C3=C[C@H]4CC[C@@H](C3)N4C)cc(C3CCC(C)CC3)n2n1. The Morgan fingerprint density at radius 2 is 1.00 bits per heavy atom. The zero-order valence-electron chi connectivity index (χ0n) is 68.9. The number of anilines is 3. The average Bonchev–Trinajstić information content (AvgIpc) is 1.61. The Bertz CT molecular complexity index is 5050. The quantitative estimate of drug-likeness (QED) is 0.0397. The summed E-state index contributed by atoms with van der Waals surface area (Å²) in [6.45, 7) is 23.2. The number of ketones is 1. The van der Waals surface area contributed by atoms with Crippen LogP contribution in [0.3, 0.4) is 0 Å². The molecular formula is C85H116N20O7S2. The fraction of sp³-hybridized carbons (Fsp3) is 0.600. The van der Waals surface area contributed by atoms with Crippen molar-refractivity contribution >= 4 is 74.3 Å². The molecule has 10 aromatic rings. The Morgan fingerprint density at radius 1 is 0.553 bits per heavy atom. The molecule has 2 bridgehead atoms. The zero-order valence-corrected chi connectivity index (χ0v) is 70.5. The van der Waals surface area contributed by atoms with Crippen molar-refractivity contribution in [2.75, 3.05) is 64.1 Å². The first-order chi connectivity index (χ1) is 54.8. The topological polar surface area (TPSA) is 297 Å². The smallest absolute Gasteiger partial charge is 0.250 e. The fourth-order valence-electron chi connectivity index (χ4n) is 18.6. The first-order valence-electron chi connectivity index (χ1n) is 41.4. The minimum absolute atomic E-state index is 0.0161. The van der Waals surface area contributed by atoms with Crippen LogP contribution >= 0.6 is 22.7 Å². The first kappa shape index (κ1) is 80.8. The maximum Gasteiger partial charge on any atom is 0.250 e. The summed E-state index contributed by atoms with van der Waals surface area (Å²) in [6.07, 6.45) is 33.4. The predicted octanol–water partition coefficient (Wildman–Crippen LogP) is 13.8. The lowest BCUT2D eigenvalue weighted by Gasteiger charge is -2.30. The number of aliphatic hydroxyl groups is 2. The van der Waals surface area contributed by atoms with Crippen LogP contribution in [-0.4, -0.2) is 196 Å². The van der Waals surface area contributed by atoms with Crippen LogP contribution in [-0.2, 0) is 60.8 Å². The Kier molecular flexibility index (Phi) is 24.1. The van der Waals surface area contributed by atoms with E-state index in [1.807, 2.05) is 117 Å². The van der Waals surface area contributed by atoms with E-state index in [2.05, 4.69) is 95.6 Å². The molecule has 4 fully saturated rings. The fourth-order valence-corrected chi connectivity index (χ4v) is 20.5. The lowest BCUT2D eigenvalue weighted by atomic mass is 9.80. The highest BCUT2D eigenvalue weighted by Gasteiger charge is 2.42. The second-order valence-corrected chi connectivity index (χ2v) is 37.1. The molecule has 5 N–H and O–H groups in total. The summed E-state index contributed by atoms with van der Waals surface area (Å²) in [5.74, 6) is 3.90. The Labute approximate surface area is 676 Å². The van der Waals surface area contributed by atoms with Crippen molar-refractivity contribution in [1.82, 2.24) is 83.1 Å². The number of carbonyl (C=O) groups excluding carboxylic acids is 2. The Hall–Kier alpha value is -8.42. The van der Waals surface area contributed by atoms with E-state index in [0.717, 1.165) is 148 Å². The van der Waals surface area contributed by atoms with Gasteiger partial charge in [-0.25, -0.2) is 38.5 Å². The number of hydrogen-bond acceptors (Lipinski definition) is 23. The molecule has 13 heterocycles. The van der Waals surface area contributed by atoms with Gasteiger partial charge in [-0.3, -0.25) is 23.9 Å². The zero-order chi connectivity index (χ0) is 80.0. The number of rotatable bonds is 23. The van der Waals surface area contributed by atoms with Gasteiger partial charge in [0.25, 0.3) is 5.91 Å². The van der Waals surface area contributed by atoms with E-state index in [9.17, 15) is 19.8 Å². The van der Waals surface area contributed by atoms with Crippen LogP contribution in [0.5, 0.6) is 0 Å². The summed E-state index contributed by atoms with van der Waals surface area (Å²) in [5, 5.41) is 56.6. The highest BCUT2D eigenvalue weighted by molar-refractivity contribution is 7.12. The number of aliphatic hydroxyl groups excluding tert-OH is 2. The second kappa shape index (κ2) is 34.0. The number of amides is 1. The van der Waals surface area contributed by atoms with Crippen LogP contribution in [0.25, 0.3) is 44.4 Å². The molecule has 1 saturated heterocycles. The van der Waals surface area contributed by atoms with E-state index >= 15 is 0 Å². The van der Waals surface area contributed by atoms with E-state index < -0.39 is 11.1 Å². The molecule has 17 rings (SSSR count). The maximum atomic E-state index is 13.9. The van der Waals surface area contributed by atoms with Gasteiger partial charge in [-0.1, -0.05) is 25.8 Å². The maximum absolute atomic E-state index is 13.9. The summed E-state index contributed by atoms with van der Waals surface area (Å²) in [4.78, 5) is 57.7. The summed E-state index contributed by atoms with van der Waals surface area (Å²) in [6, 6.07) is 8.36. The van der Waals surface area contributed by atoms with E-state index in [1.165, 1.54) is 65.1 Å². The van der Waals surface area contributed by atoms with Gasteiger partial charge in [0.1, 0.15) is 11.1 Å². The molecule has 1 unspecified atom stereocenters. The number of aromatic nitrogens is 15. The van der Waals surface area contributed by atoms with E-state index in [-0.39, 0.29) is 59.8 Å². The number of nitrogens with one attached hydrogen (secondary N) is 3. The molecule has 0 spiro atoms. The van der Waals surface area contributed by atoms with Gasteiger partial charge in [-0.05, 0) is 195 Å². The van der Waals surface area contributed by atoms with Gasteiger partial charge in [0.2, 0.25) is 17.8 Å². The molecule has 1 amide bonds. The van der Waals surface area contributed by atoms with E-state index in [4.69, 9.17) is 39.6 Å². The molecule has 4 aliphatic carbocycles. The van der Waals surface area contributed by atoms with Crippen LogP contribution in [0, 0.1) is 25.7 Å². The largest absolute Gasteiger partial charge is 0.393 e. The van der Waals surface area contributed by atoms with Crippen LogP contribution < -0.4 is 16.0 Å². The third-order valence-corrected chi connectivity index (χ3v) is 27.2. The lowest BCUT2D eigenvalue weighted by Crippen LogP contribution is -2.45. The van der Waals surface area contributed by atoms with Crippen molar-refractivity contribution in [1.29, 1.82) is 0 Å². The van der Waals surface area contributed by atoms with E-state index in [0.29, 0.717) is 75.2 Å². The van der Waals surface area contributed by atoms with Crippen molar-refractivity contribution in [3.05, 3.63) is 121 Å². The Balaban J connectivity index is 0.000000136. The predicted molar refractivity (Wildman–Crippen MR) is 445 cm³/mol. The molecule has 7 aliphatic rings. The summed E-state index contributed by atoms with van der Waals surface area (Å²) < 4.78 is 25.6. The summed E-state index contributed by atoms with van der Waals surface area (Å²) in [5.41, 5.74) is 13.6. The summed E-state index contributed by atoms with van der Waals surface area (Å²) >= 11 is 3.41. The van der Waals surface area contributed by atoms with E-state index in [1.54, 1.807) is 48.7 Å². The molecule has 29 heteroatoms. The number of likely N-dealkylation sites (N-methyl/N-ethyl adjacent to an activating group) is 1. The lowest BCUT2D eigenvalue weighted by molar-refractivity contribution is -0.140. The van der Waals surface area contributed by atoms with Crippen molar-refractivity contribution in [2.24, 2.45) is 11.8 Å². The highest BCUT2D eigenvalue weighted by Crippen LogP contribution is 2.45. The van der Waals surface area contributed by atoms with Crippen molar-refractivity contribution in [3.8, 4) is 22.3 Å². The van der Waals surface area contributed by atoms with Crippen molar-refractivity contribution < 1.29 is 34.0 Å². The number of methoxy groups -OCH3 is 3. The summed E-state index contributed by atoms with van der Waals surface area (Å²) in [7, 11) is 7.36. The normalized spacial score (nSPS) is 23.4. The third-order valence-electron chi connectivity index (χ3n) is 25.1. The number of thiazole rings is 2. The molecule has 3 aliphatic heterocycles. The highest BCUT2D eigenvalue weighted by atomic mass is 32.1. The molecule has 3 saturated carbocycles. The van der Waals surface area contributed by atoms with Gasteiger partial charge in [0.15, 0.2) is 5.78 Å². The Morgan fingerprint density at radius 3 is 1.47 bits per heavy atom. The van der Waals surface area contributed by atoms with Gasteiger partial charge in [0.05, 0.1) is 114 Å². The van der Waals surface area contributed by atoms with Gasteiger partial charge >= 0.3 is 0 Å². The molecule has 10 aromatic heterocycles. The molecule has 27 nitrogen and oxygen atoms in total. The van der Waals surface area contributed by atoms with Crippen LogP contribution in [0.2, 0.25) is 0 Å². The number of fused-ring (bicyclic) bond motifs is 7. The standard InChI is InChI=1S/C31H41N7O3S.C29H38N8O3S.C25H37N5O/c1-18(17-41-5)34-30-32-15-27-24(13-26(38(27)36-30)20-6-9-23(39)10-7-20)22-14-33-37(16-22)31(3,4)29(40)21-8-11-28-25(12-21)35-19(2)42-28;1-17(16-40-5)32-28-30-12-25-22(10-24(37(25)34-28)19-6-8-21(38)9-7-19)20-11-31-36(13-20)29(3,4)27(39)35-14-23-26(15-35)41-18(2)33-23;1-16-5-7-18(8-6-16)23-13-22(19-11-20-9-10-21(12-19)29(20)3)24-14-26-25(28-30(23)24)27-17(2)15-31-4/h13-16,18,20-21,23,39H,6-12,17H2,1-5H3,(H,34,36);10-13,17,19,21,38H,6-9,14-16H2,1-5H3,(H,32,34);11,13-14,16-18,20-21H,5-10,12,15H2,1-4H3,(H,27,28)/t18-,20?,21?,23?;17-,19?,21?;16?,17-,18?,20+,21-/m000/s1. The van der Waals surface area contributed by atoms with Gasteiger partial charge in [0, 0.05) is 149 Å². The molecule has 610 valence electrons. The minimum Gasteiger partial charge on any atom is -0.393 e. The number of aryl methyl sites for hydroxylation is 3. The van der Waals surface area contributed by atoms with Crippen LogP contribution in [0.4, 0.5) is 17.8 Å². The minimum atomic E-state index is -0.871.